The number of fused-ring (bicyclic) bond motifs is 22. The van der Waals surface area contributed by atoms with Crippen LogP contribution in [0, 0.1) is 0 Å². The van der Waals surface area contributed by atoms with Crippen LogP contribution < -0.4 is 11.1 Å². The summed E-state index contributed by atoms with van der Waals surface area (Å²) in [7, 11) is 0. The smallest absolute Gasteiger partial charge is 0.263 e. The third-order valence-corrected chi connectivity index (χ3v) is 13.2. The summed E-state index contributed by atoms with van der Waals surface area (Å²) in [5, 5.41) is 10.0. The number of para-hydroxylation sites is 2. The highest BCUT2D eigenvalue weighted by Gasteiger charge is 2.53. The summed E-state index contributed by atoms with van der Waals surface area (Å²) in [6, 6.07) is 55.6. The summed E-state index contributed by atoms with van der Waals surface area (Å²) >= 11 is 0. The Labute approximate surface area is 312 Å². The zero-order chi connectivity index (χ0) is 35.9. The normalized spacial score (nSPS) is 14.1. The van der Waals surface area contributed by atoms with Crippen molar-refractivity contribution in [2.45, 2.75) is 5.41 Å². The fourth-order valence-corrected chi connectivity index (χ4v) is 11.3. The first-order valence-corrected chi connectivity index (χ1v) is 18.9. The molecule has 14 rings (SSSR count). The molecule has 55 heavy (non-hydrogen) atoms. The average molecular weight is 699 g/mol. The molecule has 4 aromatic heterocycles. The lowest BCUT2D eigenvalue weighted by Crippen LogP contribution is -2.25. The second-order valence-corrected chi connectivity index (χ2v) is 15.4. The van der Waals surface area contributed by atoms with Gasteiger partial charge in [0.25, 0.3) is 11.1 Å². The first kappa shape index (κ1) is 28.2. The van der Waals surface area contributed by atoms with E-state index >= 15 is 0 Å². The highest BCUT2D eigenvalue weighted by molar-refractivity contribution is 6.27. The maximum atomic E-state index is 14.4. The van der Waals surface area contributed by atoms with Crippen molar-refractivity contribution in [2.75, 3.05) is 0 Å². The number of hydrogen-bond acceptors (Lipinski definition) is 2. The molecular weight excluding hydrogens is 673 g/mol. The van der Waals surface area contributed by atoms with E-state index in [0.717, 1.165) is 75.9 Å². The average Bonchev–Trinajstić information content (AvgIpc) is 3.95. The number of pyridine rings is 2. The Balaban J connectivity index is 1.20. The van der Waals surface area contributed by atoms with Gasteiger partial charge in [0.15, 0.2) is 0 Å². The molecule has 0 saturated heterocycles. The highest BCUT2D eigenvalue weighted by Crippen LogP contribution is 2.65. The molecule has 0 radical (unpaired) electrons. The van der Waals surface area contributed by atoms with Gasteiger partial charge in [-0.2, -0.15) is 0 Å². The van der Waals surface area contributed by atoms with Crippen molar-refractivity contribution in [1.29, 1.82) is 0 Å². The van der Waals surface area contributed by atoms with Crippen molar-refractivity contribution in [3.63, 3.8) is 0 Å². The first-order chi connectivity index (χ1) is 27.2. The van der Waals surface area contributed by atoms with Crippen molar-refractivity contribution in [3.8, 4) is 22.3 Å². The van der Waals surface area contributed by atoms with Crippen LogP contribution >= 0.6 is 0 Å². The molecule has 4 heteroatoms. The van der Waals surface area contributed by atoms with Crippen LogP contribution in [0.25, 0.3) is 98.2 Å². The van der Waals surface area contributed by atoms with Crippen LogP contribution in [0.5, 0.6) is 0 Å². The maximum Gasteiger partial charge on any atom is 0.263 e. The Hall–Kier alpha value is -7.30. The summed E-state index contributed by atoms with van der Waals surface area (Å²) in [5.41, 5.74) is 12.9. The van der Waals surface area contributed by atoms with E-state index in [0.29, 0.717) is 0 Å². The SMILES string of the molecule is O=c1c2ccccc2c2cccc3c4c5c(ccc4n1c23)C1(c2ccccc2-5)c2ccccc2-c2c1ccc1c2c2cccc3c4ccccc4c(=O)n1c32. The van der Waals surface area contributed by atoms with Gasteiger partial charge >= 0.3 is 0 Å². The zero-order valence-electron chi connectivity index (χ0n) is 29.2. The third kappa shape index (κ3) is 2.92. The number of benzene rings is 8. The van der Waals surface area contributed by atoms with E-state index in [1.54, 1.807) is 0 Å². The molecule has 0 unspecified atom stereocenters. The second-order valence-electron chi connectivity index (χ2n) is 15.4. The van der Waals surface area contributed by atoms with Crippen LogP contribution in [0.3, 0.4) is 0 Å². The van der Waals surface area contributed by atoms with Gasteiger partial charge in [-0.25, -0.2) is 0 Å². The standard InChI is InChI=1S/C51H26N2O2/c54-49-31-13-3-1-11-27(31)29-17-9-19-35-45-41(52(49)47(29)35)25-23-39-43(45)33-15-5-7-21-37(33)51(39)38-22-8-6-16-34(38)44-40(51)24-26-42-46(44)36-20-10-18-30-28-12-2-4-14-32(28)50(55)53(42)48(30)36/h1-26H. The van der Waals surface area contributed by atoms with E-state index in [1.807, 2.05) is 45.2 Å². The van der Waals surface area contributed by atoms with Gasteiger partial charge in [-0.15, -0.1) is 0 Å². The van der Waals surface area contributed by atoms with Crippen molar-refractivity contribution in [2.24, 2.45) is 0 Å². The van der Waals surface area contributed by atoms with Crippen molar-refractivity contribution < 1.29 is 0 Å². The number of aromatic nitrogens is 2. The van der Waals surface area contributed by atoms with Gasteiger partial charge in [-0.1, -0.05) is 133 Å². The maximum absolute atomic E-state index is 14.4. The molecule has 0 atom stereocenters. The Morgan fingerprint density at radius 3 is 1.18 bits per heavy atom. The lowest BCUT2D eigenvalue weighted by Gasteiger charge is -2.30. The largest absolute Gasteiger partial charge is 0.275 e. The molecule has 12 aromatic rings. The molecule has 2 aliphatic rings. The molecule has 0 fully saturated rings. The van der Waals surface area contributed by atoms with Crippen LogP contribution in [0.2, 0.25) is 0 Å². The van der Waals surface area contributed by atoms with Gasteiger partial charge in [0.2, 0.25) is 0 Å². The minimum absolute atomic E-state index is 0.0130. The Morgan fingerprint density at radius 1 is 0.327 bits per heavy atom. The van der Waals surface area contributed by atoms with E-state index in [1.165, 1.54) is 44.5 Å². The van der Waals surface area contributed by atoms with E-state index in [2.05, 4.69) is 121 Å². The van der Waals surface area contributed by atoms with Gasteiger partial charge in [-0.3, -0.25) is 18.4 Å². The molecule has 2 aliphatic carbocycles. The predicted molar refractivity (Wildman–Crippen MR) is 225 cm³/mol. The Morgan fingerprint density at radius 2 is 0.709 bits per heavy atom. The molecule has 0 amide bonds. The predicted octanol–water partition coefficient (Wildman–Crippen LogP) is 11.1. The van der Waals surface area contributed by atoms with E-state index in [4.69, 9.17) is 0 Å². The Kier molecular flexibility index (Phi) is 4.75. The van der Waals surface area contributed by atoms with Crippen LogP contribution in [0.1, 0.15) is 22.3 Å². The van der Waals surface area contributed by atoms with E-state index < -0.39 is 5.41 Å². The molecule has 4 heterocycles. The van der Waals surface area contributed by atoms with Crippen molar-refractivity contribution >= 4 is 75.9 Å². The molecule has 0 N–H and O–H groups in total. The summed E-state index contributed by atoms with van der Waals surface area (Å²) in [5.74, 6) is 0. The second kappa shape index (κ2) is 9.25. The molecule has 0 saturated carbocycles. The fraction of sp³-hybridized carbons (Fsp3) is 0.0196. The van der Waals surface area contributed by atoms with Crippen LogP contribution in [0.4, 0.5) is 0 Å². The summed E-state index contributed by atoms with van der Waals surface area (Å²) in [6.45, 7) is 0. The van der Waals surface area contributed by atoms with Crippen molar-refractivity contribution in [3.05, 3.63) is 201 Å². The van der Waals surface area contributed by atoms with Gasteiger partial charge < -0.3 is 0 Å². The van der Waals surface area contributed by atoms with Crippen molar-refractivity contribution in [1.82, 2.24) is 8.80 Å². The summed E-state index contributed by atoms with van der Waals surface area (Å²) in [6.07, 6.45) is 0. The molecule has 252 valence electrons. The first-order valence-electron chi connectivity index (χ1n) is 18.9. The molecule has 4 nitrogen and oxygen atoms in total. The number of nitrogens with zero attached hydrogens (tertiary/aromatic N) is 2. The van der Waals surface area contributed by atoms with E-state index in [9.17, 15) is 9.59 Å². The van der Waals surface area contributed by atoms with Gasteiger partial charge in [0.05, 0.1) is 27.5 Å². The summed E-state index contributed by atoms with van der Waals surface area (Å²) < 4.78 is 3.92. The molecule has 1 spiro atoms. The lowest BCUT2D eigenvalue weighted by molar-refractivity contribution is 0.795. The monoisotopic (exact) mass is 698 g/mol. The van der Waals surface area contributed by atoms with Crippen LogP contribution in [0.15, 0.2) is 167 Å². The quantitative estimate of drug-likeness (QED) is 0.148. The third-order valence-electron chi connectivity index (χ3n) is 13.2. The van der Waals surface area contributed by atoms with Crippen LogP contribution in [-0.4, -0.2) is 8.80 Å². The minimum Gasteiger partial charge on any atom is -0.275 e. The molecule has 0 aliphatic heterocycles. The zero-order valence-corrected chi connectivity index (χ0v) is 29.2. The fourth-order valence-electron chi connectivity index (χ4n) is 11.3. The van der Waals surface area contributed by atoms with Gasteiger partial charge in [-0.05, 0) is 79.5 Å². The number of rotatable bonds is 0. The van der Waals surface area contributed by atoms with Gasteiger partial charge in [0.1, 0.15) is 0 Å². The minimum atomic E-state index is -0.612. The van der Waals surface area contributed by atoms with Gasteiger partial charge in [0, 0.05) is 43.1 Å². The topological polar surface area (TPSA) is 43.0 Å². The lowest BCUT2D eigenvalue weighted by atomic mass is 9.70. The van der Waals surface area contributed by atoms with E-state index in [-0.39, 0.29) is 11.1 Å². The van der Waals surface area contributed by atoms with Crippen LogP contribution in [-0.2, 0) is 5.41 Å². The molecule has 0 bridgehead atoms. The summed E-state index contributed by atoms with van der Waals surface area (Å²) in [4.78, 5) is 28.8. The molecular formula is C51H26N2O2. The highest BCUT2D eigenvalue weighted by atomic mass is 16.1. The molecule has 8 aromatic carbocycles. The Bertz CT molecular complexity index is 3630. The number of hydrogen-bond donors (Lipinski definition) is 0.